The standard InChI is InChI=1S/C34H40F4N6O7/c1-31(2,3)51-30(50)41-32(4,5)28(48)40-24(12-10-20-9-11-22(27(46)47)23(35)16-20)26(45)43-15-13-25-33(18-43,17-21-8-6-7-14-39-21)29(49)44(42-25)19-34(36,37)38/h6-9,11,14,16,24H,10,12-13,15,17-19H2,1-5H3,(H,40,48)(H,41,50)(H,46,47). The summed E-state index contributed by atoms with van der Waals surface area (Å²) in [5.41, 5.74) is -3.86. The smallest absolute Gasteiger partial charge is 0.408 e. The van der Waals surface area contributed by atoms with Crippen LogP contribution in [-0.4, -0.2) is 98.5 Å². The number of carbonyl (C=O) groups is 5. The van der Waals surface area contributed by atoms with Gasteiger partial charge in [0.15, 0.2) is 0 Å². The molecule has 0 bridgehead atoms. The van der Waals surface area contributed by atoms with E-state index in [0.29, 0.717) is 16.3 Å². The molecule has 0 spiro atoms. The minimum absolute atomic E-state index is 0.0225. The molecule has 276 valence electrons. The number of rotatable bonds is 11. The van der Waals surface area contributed by atoms with Crippen LogP contribution < -0.4 is 10.6 Å². The van der Waals surface area contributed by atoms with Gasteiger partial charge >= 0.3 is 18.2 Å². The van der Waals surface area contributed by atoms with E-state index in [1.54, 1.807) is 39.0 Å². The number of alkyl carbamates (subject to hydrolysis) is 1. The molecule has 0 aliphatic carbocycles. The Morgan fingerprint density at radius 2 is 1.78 bits per heavy atom. The number of carboxylic acids is 1. The van der Waals surface area contributed by atoms with Crippen molar-refractivity contribution in [2.75, 3.05) is 19.6 Å². The Morgan fingerprint density at radius 1 is 1.08 bits per heavy atom. The molecule has 13 nitrogen and oxygen atoms in total. The summed E-state index contributed by atoms with van der Waals surface area (Å²) in [4.78, 5) is 71.0. The fourth-order valence-electron chi connectivity index (χ4n) is 5.89. The van der Waals surface area contributed by atoms with Crippen molar-refractivity contribution < 1.29 is 51.4 Å². The topological polar surface area (TPSA) is 171 Å². The van der Waals surface area contributed by atoms with Crippen LogP contribution >= 0.6 is 0 Å². The lowest BCUT2D eigenvalue weighted by Crippen LogP contribution is -2.62. The zero-order valence-electron chi connectivity index (χ0n) is 28.8. The van der Waals surface area contributed by atoms with Crippen LogP contribution in [0.5, 0.6) is 0 Å². The van der Waals surface area contributed by atoms with Gasteiger partial charge in [-0.05, 0) is 77.3 Å². The number of halogens is 4. The second kappa shape index (κ2) is 14.6. The predicted octanol–water partition coefficient (Wildman–Crippen LogP) is 3.86. The first-order valence-electron chi connectivity index (χ1n) is 16.1. The molecule has 17 heteroatoms. The SMILES string of the molecule is CC(C)(C)OC(=O)NC(C)(C)C(=O)NC(CCc1ccc(C(=O)O)c(F)c1)C(=O)N1CCC2=NN(CC(F)(F)F)C(=O)C2(Cc2ccccn2)C1. The fraction of sp³-hybridized carbons (Fsp3) is 0.500. The van der Waals surface area contributed by atoms with Gasteiger partial charge in [-0.1, -0.05) is 12.1 Å². The number of piperidine rings is 1. The van der Waals surface area contributed by atoms with Gasteiger partial charge in [0, 0.05) is 37.8 Å². The summed E-state index contributed by atoms with van der Waals surface area (Å²) in [5.74, 6) is -4.91. The molecule has 3 heterocycles. The van der Waals surface area contributed by atoms with E-state index >= 15 is 0 Å². The van der Waals surface area contributed by atoms with Crippen molar-refractivity contribution in [3.05, 3.63) is 65.2 Å². The third-order valence-electron chi connectivity index (χ3n) is 8.34. The van der Waals surface area contributed by atoms with Crippen molar-refractivity contribution in [1.29, 1.82) is 0 Å². The van der Waals surface area contributed by atoms with Gasteiger partial charge in [0.1, 0.15) is 35.0 Å². The number of alkyl halides is 3. The second-order valence-corrected chi connectivity index (χ2v) is 14.1. The average Bonchev–Trinajstić information content (AvgIpc) is 3.26. The van der Waals surface area contributed by atoms with E-state index < -0.39 is 76.5 Å². The molecule has 51 heavy (non-hydrogen) atoms. The molecule has 2 aromatic rings. The van der Waals surface area contributed by atoms with E-state index in [9.17, 15) is 46.6 Å². The first kappa shape index (κ1) is 38.7. The highest BCUT2D eigenvalue weighted by atomic mass is 19.4. The number of likely N-dealkylation sites (tertiary alicyclic amines) is 1. The number of aromatic carboxylic acids is 1. The lowest BCUT2D eigenvalue weighted by atomic mass is 9.74. The summed E-state index contributed by atoms with van der Waals surface area (Å²) >= 11 is 0. The molecule has 0 saturated carbocycles. The first-order chi connectivity index (χ1) is 23.6. The van der Waals surface area contributed by atoms with E-state index in [2.05, 4.69) is 20.7 Å². The van der Waals surface area contributed by atoms with Crippen molar-refractivity contribution >= 4 is 35.5 Å². The molecule has 0 radical (unpaired) electrons. The summed E-state index contributed by atoms with van der Waals surface area (Å²) in [6.45, 7) is 5.61. The normalized spacial score (nSPS) is 18.5. The quantitative estimate of drug-likeness (QED) is 0.294. The van der Waals surface area contributed by atoms with Gasteiger partial charge < -0.3 is 25.4 Å². The molecule has 2 atom stereocenters. The monoisotopic (exact) mass is 720 g/mol. The van der Waals surface area contributed by atoms with Gasteiger partial charge in [0.05, 0.1) is 11.3 Å². The number of aryl methyl sites for hydroxylation is 1. The number of carboxylic acid groups (broad SMARTS) is 1. The van der Waals surface area contributed by atoms with Crippen molar-refractivity contribution in [3.8, 4) is 0 Å². The maximum absolute atomic E-state index is 14.5. The number of nitrogens with zero attached hydrogens (tertiary/aromatic N) is 4. The highest BCUT2D eigenvalue weighted by Crippen LogP contribution is 2.39. The van der Waals surface area contributed by atoms with Crippen molar-refractivity contribution in [2.24, 2.45) is 10.5 Å². The Kier molecular flexibility index (Phi) is 11.1. The van der Waals surface area contributed by atoms with Crippen molar-refractivity contribution in [3.63, 3.8) is 0 Å². The molecule has 4 rings (SSSR count). The first-order valence-corrected chi connectivity index (χ1v) is 16.1. The van der Waals surface area contributed by atoms with Gasteiger partial charge in [-0.25, -0.2) is 19.0 Å². The molecule has 2 aliphatic rings. The lowest BCUT2D eigenvalue weighted by Gasteiger charge is -2.41. The molecule has 3 N–H and O–H groups in total. The minimum Gasteiger partial charge on any atom is -0.478 e. The van der Waals surface area contributed by atoms with Gasteiger partial charge in [-0.3, -0.25) is 19.4 Å². The van der Waals surface area contributed by atoms with Crippen LogP contribution in [0.4, 0.5) is 22.4 Å². The van der Waals surface area contributed by atoms with Crippen LogP contribution in [0.25, 0.3) is 0 Å². The van der Waals surface area contributed by atoms with Gasteiger partial charge in [0.25, 0.3) is 5.91 Å². The molecule has 1 saturated heterocycles. The zero-order valence-corrected chi connectivity index (χ0v) is 28.8. The minimum atomic E-state index is -4.74. The summed E-state index contributed by atoms with van der Waals surface area (Å²) < 4.78 is 60.1. The predicted molar refractivity (Wildman–Crippen MR) is 174 cm³/mol. The molecule has 2 aliphatic heterocycles. The van der Waals surface area contributed by atoms with Crippen LogP contribution in [0.3, 0.4) is 0 Å². The van der Waals surface area contributed by atoms with E-state index in [0.717, 1.165) is 12.1 Å². The molecule has 2 unspecified atom stereocenters. The maximum atomic E-state index is 14.5. The summed E-state index contributed by atoms with van der Waals surface area (Å²) in [6, 6.07) is 6.98. The molecule has 1 aromatic heterocycles. The summed E-state index contributed by atoms with van der Waals surface area (Å²) in [5, 5.41) is 18.7. The molecular formula is C34H40F4N6O7. The number of hydrazone groups is 1. The molecule has 1 aromatic carbocycles. The highest BCUT2D eigenvalue weighted by molar-refractivity contribution is 6.14. The van der Waals surface area contributed by atoms with E-state index in [-0.39, 0.29) is 44.5 Å². The van der Waals surface area contributed by atoms with Crippen molar-refractivity contribution in [1.82, 2.24) is 25.5 Å². The Labute approximate surface area is 291 Å². The van der Waals surface area contributed by atoms with Crippen LogP contribution in [-0.2, 0) is 32.0 Å². The Morgan fingerprint density at radius 3 is 2.37 bits per heavy atom. The van der Waals surface area contributed by atoms with Crippen LogP contribution in [0, 0.1) is 11.2 Å². The summed E-state index contributed by atoms with van der Waals surface area (Å²) in [6.07, 6.45) is -4.54. The van der Waals surface area contributed by atoms with E-state index in [1.165, 1.54) is 31.0 Å². The number of carbonyl (C=O) groups excluding carboxylic acids is 4. The Bertz CT molecular complexity index is 1710. The van der Waals surface area contributed by atoms with Crippen LogP contribution in [0.1, 0.15) is 69.1 Å². The number of hydrogen-bond donors (Lipinski definition) is 3. The molecule has 4 amide bonds. The summed E-state index contributed by atoms with van der Waals surface area (Å²) in [7, 11) is 0. The van der Waals surface area contributed by atoms with E-state index in [1.807, 2.05) is 0 Å². The largest absolute Gasteiger partial charge is 0.478 e. The van der Waals surface area contributed by atoms with Crippen LogP contribution in [0.15, 0.2) is 47.7 Å². The second-order valence-electron chi connectivity index (χ2n) is 14.1. The maximum Gasteiger partial charge on any atom is 0.408 e. The fourth-order valence-corrected chi connectivity index (χ4v) is 5.89. The Hall–Kier alpha value is -5.09. The Balaban J connectivity index is 1.64. The number of benzene rings is 1. The van der Waals surface area contributed by atoms with Gasteiger partial charge in [-0.2, -0.15) is 18.3 Å². The number of aromatic nitrogens is 1. The number of hydrogen-bond acceptors (Lipinski definition) is 8. The third-order valence-corrected chi connectivity index (χ3v) is 8.34. The average molecular weight is 721 g/mol. The number of fused-ring (bicyclic) bond motifs is 1. The van der Waals surface area contributed by atoms with E-state index in [4.69, 9.17) is 4.74 Å². The lowest BCUT2D eigenvalue weighted by molar-refractivity contribution is -0.164. The number of pyridine rings is 1. The highest BCUT2D eigenvalue weighted by Gasteiger charge is 2.56. The zero-order chi connectivity index (χ0) is 37.9. The van der Waals surface area contributed by atoms with Gasteiger partial charge in [-0.15, -0.1) is 0 Å². The third kappa shape index (κ3) is 9.58. The van der Waals surface area contributed by atoms with Crippen molar-refractivity contribution in [2.45, 2.75) is 83.7 Å². The number of ether oxygens (including phenoxy) is 1. The number of nitrogens with one attached hydrogen (secondary N) is 2. The molecule has 1 fully saturated rings. The molecular weight excluding hydrogens is 680 g/mol. The number of amides is 4. The van der Waals surface area contributed by atoms with Gasteiger partial charge in [0.2, 0.25) is 11.8 Å². The van der Waals surface area contributed by atoms with Crippen LogP contribution in [0.2, 0.25) is 0 Å².